The summed E-state index contributed by atoms with van der Waals surface area (Å²) in [6, 6.07) is 16.9. The highest BCUT2D eigenvalue weighted by Gasteiger charge is 2.27. The van der Waals surface area contributed by atoms with E-state index < -0.39 is 0 Å². The predicted molar refractivity (Wildman–Crippen MR) is 117 cm³/mol. The van der Waals surface area contributed by atoms with E-state index in [1.54, 1.807) is 6.07 Å². The Kier molecular flexibility index (Phi) is 6.26. The fourth-order valence-corrected chi connectivity index (χ4v) is 3.93. The van der Waals surface area contributed by atoms with Crippen LogP contribution >= 0.6 is 23.2 Å². The highest BCUT2D eigenvalue weighted by Crippen LogP contribution is 2.30. The molecule has 2 aromatic carbocycles. The summed E-state index contributed by atoms with van der Waals surface area (Å²) in [5.41, 5.74) is 2.30. The second-order valence-corrected chi connectivity index (χ2v) is 8.02. The molecule has 0 fully saturated rings. The highest BCUT2D eigenvalue weighted by atomic mass is 35.5. The zero-order chi connectivity index (χ0) is 20.2. The van der Waals surface area contributed by atoms with Crippen molar-refractivity contribution < 1.29 is 9.47 Å². The first-order valence-corrected chi connectivity index (χ1v) is 10.6. The van der Waals surface area contributed by atoms with Crippen LogP contribution in [0.4, 0.5) is 0 Å². The standard InChI is InChI=1S/C22H23Cl2N3O2/c1-2-14(15-6-4-3-5-7-15)10-17-12-28-21(25-17)27-22-26-20(13-29-22)16-8-9-18(23)19(24)11-16/h3-9,11,14,17,20H,2,10,12-13H2,1H3,(H,25,26,27). The summed E-state index contributed by atoms with van der Waals surface area (Å²) >= 11 is 12.1. The van der Waals surface area contributed by atoms with Crippen LogP contribution in [-0.4, -0.2) is 31.3 Å². The van der Waals surface area contributed by atoms with E-state index in [1.807, 2.05) is 18.2 Å². The number of nitrogens with one attached hydrogen (secondary N) is 1. The van der Waals surface area contributed by atoms with Gasteiger partial charge in [0.1, 0.15) is 19.3 Å². The molecule has 0 bridgehead atoms. The van der Waals surface area contributed by atoms with E-state index in [9.17, 15) is 0 Å². The Morgan fingerprint density at radius 2 is 1.76 bits per heavy atom. The molecule has 2 aromatic rings. The van der Waals surface area contributed by atoms with Gasteiger partial charge < -0.3 is 9.47 Å². The Bertz CT molecular complexity index is 918. The molecular formula is C22H23Cl2N3O2. The van der Waals surface area contributed by atoms with Gasteiger partial charge in [0.25, 0.3) is 12.0 Å². The van der Waals surface area contributed by atoms with Gasteiger partial charge in [0.05, 0.1) is 16.1 Å². The normalized spacial score (nSPS) is 21.8. The van der Waals surface area contributed by atoms with Crippen molar-refractivity contribution in [1.29, 1.82) is 0 Å². The monoisotopic (exact) mass is 431 g/mol. The summed E-state index contributed by atoms with van der Waals surface area (Å²) in [6.45, 7) is 3.21. The Labute approximate surface area is 180 Å². The first kappa shape index (κ1) is 20.0. The minimum Gasteiger partial charge on any atom is -0.463 e. The quantitative estimate of drug-likeness (QED) is 0.693. The number of ether oxygens (including phenoxy) is 2. The Morgan fingerprint density at radius 3 is 2.52 bits per heavy atom. The molecule has 1 N–H and O–H groups in total. The van der Waals surface area contributed by atoms with Crippen molar-refractivity contribution in [1.82, 2.24) is 5.32 Å². The van der Waals surface area contributed by atoms with Crippen LogP contribution in [0, 0.1) is 0 Å². The first-order chi connectivity index (χ1) is 14.1. The fraction of sp³-hybridized carbons (Fsp3) is 0.364. The molecule has 0 saturated carbocycles. The summed E-state index contributed by atoms with van der Waals surface area (Å²) in [6.07, 6.45) is 2.02. The van der Waals surface area contributed by atoms with Crippen LogP contribution in [-0.2, 0) is 9.47 Å². The Balaban J connectivity index is 1.37. The summed E-state index contributed by atoms with van der Waals surface area (Å²) in [7, 11) is 0. The Hall–Kier alpha value is -2.24. The number of rotatable bonds is 5. The lowest BCUT2D eigenvalue weighted by Crippen LogP contribution is -2.30. The lowest BCUT2D eigenvalue weighted by molar-refractivity contribution is 0.286. The summed E-state index contributed by atoms with van der Waals surface area (Å²) in [5.74, 6) is 0.465. The van der Waals surface area contributed by atoms with Crippen molar-refractivity contribution in [2.75, 3.05) is 13.2 Å². The van der Waals surface area contributed by atoms with Crippen LogP contribution in [0.3, 0.4) is 0 Å². The SMILES string of the molecule is CCC(CC1COC(NC2=NC(c3ccc(Cl)c(Cl)c3)CO2)=N1)c1ccccc1. The van der Waals surface area contributed by atoms with E-state index in [0.717, 1.165) is 18.4 Å². The number of hydrogen-bond acceptors (Lipinski definition) is 5. The summed E-state index contributed by atoms with van der Waals surface area (Å²) in [4.78, 5) is 9.24. The van der Waals surface area contributed by atoms with Gasteiger partial charge in [-0.15, -0.1) is 0 Å². The van der Waals surface area contributed by atoms with Crippen LogP contribution in [0.5, 0.6) is 0 Å². The minimum absolute atomic E-state index is 0.121. The number of nitrogens with zero attached hydrogens (tertiary/aromatic N) is 2. The van der Waals surface area contributed by atoms with Gasteiger partial charge in [0.2, 0.25) is 0 Å². The molecule has 0 aromatic heterocycles. The minimum atomic E-state index is -0.132. The number of aliphatic imine (C=N–C) groups is 2. The van der Waals surface area contributed by atoms with Crippen molar-refractivity contribution in [2.45, 2.75) is 37.8 Å². The first-order valence-electron chi connectivity index (χ1n) is 9.80. The molecule has 5 nitrogen and oxygen atoms in total. The van der Waals surface area contributed by atoms with E-state index in [1.165, 1.54) is 5.56 Å². The predicted octanol–water partition coefficient (Wildman–Crippen LogP) is 5.35. The molecule has 152 valence electrons. The molecule has 7 heteroatoms. The maximum atomic E-state index is 6.10. The van der Waals surface area contributed by atoms with Gasteiger partial charge in [-0.3, -0.25) is 5.32 Å². The molecule has 0 aliphatic carbocycles. The van der Waals surface area contributed by atoms with Crippen molar-refractivity contribution in [3.63, 3.8) is 0 Å². The fourth-order valence-electron chi connectivity index (χ4n) is 3.62. The summed E-state index contributed by atoms with van der Waals surface area (Å²) in [5, 5.41) is 4.10. The highest BCUT2D eigenvalue weighted by molar-refractivity contribution is 6.42. The molecule has 2 aliphatic heterocycles. The maximum Gasteiger partial charge on any atom is 0.293 e. The molecule has 0 saturated heterocycles. The Morgan fingerprint density at radius 1 is 1.00 bits per heavy atom. The number of hydrogen-bond donors (Lipinski definition) is 1. The third-order valence-electron chi connectivity index (χ3n) is 5.23. The molecule has 0 amide bonds. The van der Waals surface area contributed by atoms with E-state index in [0.29, 0.717) is 41.2 Å². The molecule has 29 heavy (non-hydrogen) atoms. The van der Waals surface area contributed by atoms with Crippen molar-refractivity contribution in [2.24, 2.45) is 9.98 Å². The summed E-state index contributed by atoms with van der Waals surface area (Å²) < 4.78 is 11.4. The molecule has 0 radical (unpaired) electrons. The molecule has 2 aliphatic rings. The smallest absolute Gasteiger partial charge is 0.293 e. The van der Waals surface area contributed by atoms with Crippen molar-refractivity contribution >= 4 is 35.2 Å². The van der Waals surface area contributed by atoms with Crippen LogP contribution in [0.15, 0.2) is 58.5 Å². The number of halogens is 2. The van der Waals surface area contributed by atoms with Crippen LogP contribution in [0.2, 0.25) is 10.0 Å². The average molecular weight is 432 g/mol. The molecule has 2 heterocycles. The largest absolute Gasteiger partial charge is 0.463 e. The molecule has 3 unspecified atom stereocenters. The van der Waals surface area contributed by atoms with Gasteiger partial charge in [-0.05, 0) is 42.0 Å². The van der Waals surface area contributed by atoms with Gasteiger partial charge in [-0.25, -0.2) is 9.98 Å². The van der Waals surface area contributed by atoms with Gasteiger partial charge in [0.15, 0.2) is 0 Å². The third kappa shape index (κ3) is 4.85. The van der Waals surface area contributed by atoms with E-state index >= 15 is 0 Å². The topological polar surface area (TPSA) is 55.2 Å². The second kappa shape index (κ2) is 9.06. The van der Waals surface area contributed by atoms with Crippen LogP contribution < -0.4 is 5.32 Å². The van der Waals surface area contributed by atoms with Crippen molar-refractivity contribution in [3.8, 4) is 0 Å². The van der Waals surface area contributed by atoms with Crippen LogP contribution in [0.1, 0.15) is 42.9 Å². The van der Waals surface area contributed by atoms with E-state index in [2.05, 4.69) is 46.5 Å². The lowest BCUT2D eigenvalue weighted by Gasteiger charge is -2.17. The zero-order valence-corrected chi connectivity index (χ0v) is 17.7. The molecule has 3 atom stereocenters. The van der Waals surface area contributed by atoms with Gasteiger partial charge in [0, 0.05) is 0 Å². The van der Waals surface area contributed by atoms with Crippen LogP contribution in [0.25, 0.3) is 0 Å². The second-order valence-electron chi connectivity index (χ2n) is 7.21. The molecule has 0 spiro atoms. The van der Waals surface area contributed by atoms with E-state index in [4.69, 9.17) is 32.7 Å². The van der Waals surface area contributed by atoms with Gasteiger partial charge in [-0.1, -0.05) is 66.5 Å². The lowest BCUT2D eigenvalue weighted by atomic mass is 9.90. The van der Waals surface area contributed by atoms with Crippen molar-refractivity contribution in [3.05, 3.63) is 69.7 Å². The van der Waals surface area contributed by atoms with Gasteiger partial charge >= 0.3 is 0 Å². The molecule has 4 rings (SSSR count). The maximum absolute atomic E-state index is 6.10. The zero-order valence-electron chi connectivity index (χ0n) is 16.1. The number of benzene rings is 2. The average Bonchev–Trinajstić information content (AvgIpc) is 3.39. The number of amidine groups is 2. The van der Waals surface area contributed by atoms with E-state index in [-0.39, 0.29) is 12.1 Å². The van der Waals surface area contributed by atoms with Gasteiger partial charge in [-0.2, -0.15) is 0 Å². The molecular weight excluding hydrogens is 409 g/mol. The third-order valence-corrected chi connectivity index (χ3v) is 5.96.